The summed E-state index contributed by atoms with van der Waals surface area (Å²) in [7, 11) is 2.85. The zero-order chi connectivity index (χ0) is 18.8. The maximum absolute atomic E-state index is 13.4. The van der Waals surface area contributed by atoms with E-state index in [1.54, 1.807) is 12.1 Å². The molecule has 0 saturated carbocycles. The molecule has 0 aliphatic rings. The molecule has 1 amide bonds. The third-order valence-corrected chi connectivity index (χ3v) is 3.96. The summed E-state index contributed by atoms with van der Waals surface area (Å²) in [6.45, 7) is 0. The van der Waals surface area contributed by atoms with Crippen LogP contribution in [0.15, 0.2) is 41.3 Å². The van der Waals surface area contributed by atoms with Crippen LogP contribution in [-0.2, 0) is 0 Å². The molecule has 3 rings (SSSR count). The molecule has 0 radical (unpaired) electrons. The standard InChI is InChI=1S/C17H14ClFN4O3/c1-20-16(24)13-14(21-9-5-6-11(19)10(18)8-9)22-15-12(26-2)4-3-7-23(15)17(13)25/h3-8,21H,1-2H3,(H,20,24). The van der Waals surface area contributed by atoms with E-state index in [9.17, 15) is 14.0 Å². The van der Waals surface area contributed by atoms with Crippen LogP contribution < -0.4 is 20.9 Å². The van der Waals surface area contributed by atoms with Gasteiger partial charge in [0.1, 0.15) is 11.4 Å². The minimum atomic E-state index is -0.615. The molecule has 0 fully saturated rings. The van der Waals surface area contributed by atoms with E-state index in [0.717, 1.165) is 0 Å². The van der Waals surface area contributed by atoms with E-state index in [1.165, 1.54) is 43.0 Å². The number of aromatic nitrogens is 2. The molecule has 1 aromatic carbocycles. The van der Waals surface area contributed by atoms with Crippen molar-refractivity contribution in [2.45, 2.75) is 0 Å². The number of rotatable bonds is 4. The Hall–Kier alpha value is -3.13. The maximum atomic E-state index is 13.4. The van der Waals surface area contributed by atoms with Gasteiger partial charge >= 0.3 is 0 Å². The third kappa shape index (κ3) is 3.06. The molecule has 0 saturated heterocycles. The summed E-state index contributed by atoms with van der Waals surface area (Å²) in [5.41, 5.74) is -0.182. The number of carbonyl (C=O) groups excluding carboxylic acids is 1. The zero-order valence-corrected chi connectivity index (χ0v) is 14.6. The van der Waals surface area contributed by atoms with Crippen molar-refractivity contribution in [3.63, 3.8) is 0 Å². The summed E-state index contributed by atoms with van der Waals surface area (Å²) in [6, 6.07) is 7.16. The number of fused-ring (bicyclic) bond motifs is 1. The van der Waals surface area contributed by atoms with Crippen LogP contribution in [-0.4, -0.2) is 29.4 Å². The molecule has 0 atom stereocenters. The van der Waals surface area contributed by atoms with Gasteiger partial charge in [-0.15, -0.1) is 0 Å². The lowest BCUT2D eigenvalue weighted by atomic mass is 10.2. The number of hydrogen-bond donors (Lipinski definition) is 2. The van der Waals surface area contributed by atoms with Crippen molar-refractivity contribution in [2.24, 2.45) is 0 Å². The van der Waals surface area contributed by atoms with E-state index in [4.69, 9.17) is 16.3 Å². The number of amides is 1. The van der Waals surface area contributed by atoms with Crippen molar-refractivity contribution >= 4 is 34.7 Å². The fourth-order valence-corrected chi connectivity index (χ4v) is 2.61. The van der Waals surface area contributed by atoms with Crippen LogP contribution in [0.1, 0.15) is 10.4 Å². The highest BCUT2D eigenvalue weighted by Crippen LogP contribution is 2.25. The van der Waals surface area contributed by atoms with Gasteiger partial charge in [-0.05, 0) is 30.3 Å². The van der Waals surface area contributed by atoms with Crippen molar-refractivity contribution in [1.82, 2.24) is 14.7 Å². The summed E-state index contributed by atoms with van der Waals surface area (Å²) in [5, 5.41) is 5.16. The van der Waals surface area contributed by atoms with E-state index in [1.807, 2.05) is 0 Å². The van der Waals surface area contributed by atoms with Crippen LogP contribution in [0.25, 0.3) is 5.65 Å². The lowest BCUT2D eigenvalue weighted by Crippen LogP contribution is -2.31. The minimum absolute atomic E-state index is 0.00141. The van der Waals surface area contributed by atoms with Crippen LogP contribution in [0.2, 0.25) is 5.02 Å². The number of ether oxygens (including phenoxy) is 1. The summed E-state index contributed by atoms with van der Waals surface area (Å²) in [4.78, 5) is 29.4. The molecule has 0 aliphatic heterocycles. The first-order chi connectivity index (χ1) is 12.5. The van der Waals surface area contributed by atoms with Crippen LogP contribution in [0.5, 0.6) is 5.75 Å². The Labute approximate surface area is 152 Å². The topological polar surface area (TPSA) is 84.7 Å². The van der Waals surface area contributed by atoms with Gasteiger partial charge < -0.3 is 15.4 Å². The molecule has 134 valence electrons. The Bertz CT molecular complexity index is 1070. The fourth-order valence-electron chi connectivity index (χ4n) is 2.43. The first-order valence-corrected chi connectivity index (χ1v) is 7.87. The number of methoxy groups -OCH3 is 1. The van der Waals surface area contributed by atoms with E-state index in [0.29, 0.717) is 11.4 Å². The number of hydrogen-bond acceptors (Lipinski definition) is 5. The fraction of sp³-hybridized carbons (Fsp3) is 0.118. The molecule has 0 bridgehead atoms. The first kappa shape index (κ1) is 17.7. The predicted molar refractivity (Wildman–Crippen MR) is 96.1 cm³/mol. The van der Waals surface area contributed by atoms with Crippen LogP contribution >= 0.6 is 11.6 Å². The third-order valence-electron chi connectivity index (χ3n) is 3.67. The van der Waals surface area contributed by atoms with Crippen molar-refractivity contribution in [3.8, 4) is 5.75 Å². The van der Waals surface area contributed by atoms with Gasteiger partial charge in [0.05, 0.1) is 12.1 Å². The van der Waals surface area contributed by atoms with E-state index >= 15 is 0 Å². The highest BCUT2D eigenvalue weighted by Gasteiger charge is 2.21. The Morgan fingerprint density at radius 2 is 2.12 bits per heavy atom. The van der Waals surface area contributed by atoms with Gasteiger partial charge in [-0.25, -0.2) is 9.37 Å². The summed E-state index contributed by atoms with van der Waals surface area (Å²) in [5.74, 6) is -0.845. The van der Waals surface area contributed by atoms with Crippen molar-refractivity contribution in [2.75, 3.05) is 19.5 Å². The number of benzene rings is 1. The van der Waals surface area contributed by atoms with Crippen molar-refractivity contribution in [3.05, 3.63) is 63.3 Å². The Kier molecular flexibility index (Phi) is 4.77. The molecule has 3 aromatic rings. The number of halogens is 2. The maximum Gasteiger partial charge on any atom is 0.273 e. The second-order valence-electron chi connectivity index (χ2n) is 5.24. The average molecular weight is 377 g/mol. The molecule has 0 unspecified atom stereocenters. The molecule has 2 N–H and O–H groups in total. The number of nitrogens with one attached hydrogen (secondary N) is 2. The average Bonchev–Trinajstić information content (AvgIpc) is 2.64. The molecular weight excluding hydrogens is 363 g/mol. The van der Waals surface area contributed by atoms with E-state index in [2.05, 4.69) is 15.6 Å². The van der Waals surface area contributed by atoms with Gasteiger partial charge in [-0.2, -0.15) is 0 Å². The molecular formula is C17H14ClFN4O3. The lowest BCUT2D eigenvalue weighted by Gasteiger charge is -2.13. The molecule has 26 heavy (non-hydrogen) atoms. The van der Waals surface area contributed by atoms with Crippen LogP contribution in [0, 0.1) is 5.82 Å². The summed E-state index contributed by atoms with van der Waals surface area (Å²) in [6.07, 6.45) is 1.48. The van der Waals surface area contributed by atoms with E-state index in [-0.39, 0.29) is 22.1 Å². The highest BCUT2D eigenvalue weighted by atomic mass is 35.5. The molecule has 0 spiro atoms. The molecule has 7 nitrogen and oxygen atoms in total. The van der Waals surface area contributed by atoms with Gasteiger partial charge in [-0.3, -0.25) is 14.0 Å². The summed E-state index contributed by atoms with van der Waals surface area (Å²) >= 11 is 5.78. The molecule has 2 heterocycles. The largest absolute Gasteiger partial charge is 0.493 e. The van der Waals surface area contributed by atoms with Crippen LogP contribution in [0.3, 0.4) is 0 Å². The number of carbonyl (C=O) groups is 1. The van der Waals surface area contributed by atoms with Gasteiger partial charge in [0.25, 0.3) is 11.5 Å². The molecule has 0 aliphatic carbocycles. The Balaban J connectivity index is 2.25. The first-order valence-electron chi connectivity index (χ1n) is 7.49. The second-order valence-corrected chi connectivity index (χ2v) is 5.65. The normalized spacial score (nSPS) is 10.6. The zero-order valence-electron chi connectivity index (χ0n) is 13.8. The SMILES string of the molecule is CNC(=O)c1c(Nc2ccc(F)c(Cl)c2)nc2c(OC)cccn2c1=O. The van der Waals surface area contributed by atoms with Gasteiger partial charge in [0.2, 0.25) is 0 Å². The number of pyridine rings is 1. The van der Waals surface area contributed by atoms with Crippen molar-refractivity contribution < 1.29 is 13.9 Å². The lowest BCUT2D eigenvalue weighted by molar-refractivity contribution is 0.0962. The minimum Gasteiger partial charge on any atom is -0.493 e. The van der Waals surface area contributed by atoms with E-state index < -0.39 is 17.3 Å². The number of nitrogens with zero attached hydrogens (tertiary/aromatic N) is 2. The van der Waals surface area contributed by atoms with Crippen molar-refractivity contribution in [1.29, 1.82) is 0 Å². The highest BCUT2D eigenvalue weighted by molar-refractivity contribution is 6.31. The van der Waals surface area contributed by atoms with Crippen LogP contribution in [0.4, 0.5) is 15.9 Å². The molecule has 9 heteroatoms. The van der Waals surface area contributed by atoms with Gasteiger partial charge in [0, 0.05) is 18.9 Å². The Morgan fingerprint density at radius 1 is 1.35 bits per heavy atom. The second kappa shape index (κ2) is 7.01. The Morgan fingerprint density at radius 3 is 2.77 bits per heavy atom. The van der Waals surface area contributed by atoms with Gasteiger partial charge in [-0.1, -0.05) is 11.6 Å². The molecule has 2 aromatic heterocycles. The number of anilines is 2. The monoisotopic (exact) mass is 376 g/mol. The van der Waals surface area contributed by atoms with Gasteiger partial charge in [0.15, 0.2) is 17.2 Å². The smallest absolute Gasteiger partial charge is 0.273 e. The predicted octanol–water partition coefficient (Wildman–Crippen LogP) is 2.60. The summed E-state index contributed by atoms with van der Waals surface area (Å²) < 4.78 is 19.8. The quantitative estimate of drug-likeness (QED) is 0.731.